The standard InChI is InChI=1S/C16H26N2O/c1-14-5-7-15(8-6-14)17-10-12-18-11-4-9-16(2,13-18)19-3/h5-8,17H,4,9-13H2,1-3H3. The first-order valence-corrected chi connectivity index (χ1v) is 7.19. The first-order valence-electron chi connectivity index (χ1n) is 7.19. The van der Waals surface area contributed by atoms with E-state index in [1.54, 1.807) is 0 Å². The molecule has 0 saturated carbocycles. The van der Waals surface area contributed by atoms with Gasteiger partial charge in [0.05, 0.1) is 5.60 Å². The van der Waals surface area contributed by atoms with Crippen LogP contribution in [0.4, 0.5) is 5.69 Å². The molecule has 3 heteroatoms. The molecule has 1 aromatic carbocycles. The van der Waals surface area contributed by atoms with E-state index in [2.05, 4.69) is 48.3 Å². The molecular weight excluding hydrogens is 236 g/mol. The van der Waals surface area contributed by atoms with Gasteiger partial charge < -0.3 is 10.1 Å². The highest BCUT2D eigenvalue weighted by molar-refractivity contribution is 5.44. The molecule has 0 aromatic heterocycles. The van der Waals surface area contributed by atoms with Gasteiger partial charge in [-0.25, -0.2) is 0 Å². The maximum absolute atomic E-state index is 5.62. The van der Waals surface area contributed by atoms with Crippen molar-refractivity contribution in [3.05, 3.63) is 29.8 Å². The average Bonchev–Trinajstić information content (AvgIpc) is 2.41. The Bertz CT molecular complexity index is 390. The first kappa shape index (κ1) is 14.4. The molecule has 19 heavy (non-hydrogen) atoms. The molecule has 1 aromatic rings. The molecular formula is C16H26N2O. The summed E-state index contributed by atoms with van der Waals surface area (Å²) in [5.74, 6) is 0. The Balaban J connectivity index is 1.75. The zero-order valence-corrected chi connectivity index (χ0v) is 12.4. The number of methoxy groups -OCH3 is 1. The lowest BCUT2D eigenvalue weighted by Gasteiger charge is -2.39. The number of anilines is 1. The Morgan fingerprint density at radius 3 is 2.74 bits per heavy atom. The molecule has 0 radical (unpaired) electrons. The number of hydrogen-bond acceptors (Lipinski definition) is 3. The predicted molar refractivity (Wildman–Crippen MR) is 80.8 cm³/mol. The van der Waals surface area contributed by atoms with Gasteiger partial charge in [-0.15, -0.1) is 0 Å². The fourth-order valence-electron chi connectivity index (χ4n) is 2.69. The maximum Gasteiger partial charge on any atom is 0.0777 e. The highest BCUT2D eigenvalue weighted by Crippen LogP contribution is 2.23. The molecule has 1 heterocycles. The third-order valence-corrected chi connectivity index (χ3v) is 4.04. The van der Waals surface area contributed by atoms with Gasteiger partial charge in [0.1, 0.15) is 0 Å². The van der Waals surface area contributed by atoms with E-state index in [1.807, 2.05) is 7.11 Å². The number of likely N-dealkylation sites (tertiary alicyclic amines) is 1. The van der Waals surface area contributed by atoms with Gasteiger partial charge in [0, 0.05) is 32.4 Å². The SMILES string of the molecule is COC1(C)CCCN(CCNc2ccc(C)cc2)C1. The lowest BCUT2D eigenvalue weighted by atomic mass is 9.95. The summed E-state index contributed by atoms with van der Waals surface area (Å²) in [5, 5.41) is 3.48. The van der Waals surface area contributed by atoms with Gasteiger partial charge in [0.2, 0.25) is 0 Å². The first-order chi connectivity index (χ1) is 9.11. The highest BCUT2D eigenvalue weighted by atomic mass is 16.5. The predicted octanol–water partition coefficient (Wildman–Crippen LogP) is 2.91. The van der Waals surface area contributed by atoms with Crippen LogP contribution in [0.3, 0.4) is 0 Å². The summed E-state index contributed by atoms with van der Waals surface area (Å²) in [6, 6.07) is 8.58. The van der Waals surface area contributed by atoms with Crippen LogP contribution in [-0.2, 0) is 4.74 Å². The fourth-order valence-corrected chi connectivity index (χ4v) is 2.69. The smallest absolute Gasteiger partial charge is 0.0777 e. The molecule has 1 N–H and O–H groups in total. The Morgan fingerprint density at radius 1 is 1.32 bits per heavy atom. The van der Waals surface area contributed by atoms with Crippen molar-refractivity contribution < 1.29 is 4.74 Å². The van der Waals surface area contributed by atoms with Crippen molar-refractivity contribution in [3.8, 4) is 0 Å². The van der Waals surface area contributed by atoms with Gasteiger partial charge in [-0.3, -0.25) is 4.90 Å². The van der Waals surface area contributed by atoms with Crippen LogP contribution in [0.2, 0.25) is 0 Å². The molecule has 1 fully saturated rings. The number of piperidine rings is 1. The third kappa shape index (κ3) is 4.22. The molecule has 0 spiro atoms. The van der Waals surface area contributed by atoms with Crippen LogP contribution in [0.15, 0.2) is 24.3 Å². The molecule has 1 unspecified atom stereocenters. The highest BCUT2D eigenvalue weighted by Gasteiger charge is 2.30. The molecule has 0 bridgehead atoms. The van der Waals surface area contributed by atoms with Gasteiger partial charge in [-0.05, 0) is 45.4 Å². The number of rotatable bonds is 5. The van der Waals surface area contributed by atoms with Crippen LogP contribution in [0.1, 0.15) is 25.3 Å². The Hall–Kier alpha value is -1.06. The van der Waals surface area contributed by atoms with E-state index in [9.17, 15) is 0 Å². The summed E-state index contributed by atoms with van der Waals surface area (Å²) >= 11 is 0. The van der Waals surface area contributed by atoms with E-state index in [1.165, 1.54) is 30.6 Å². The van der Waals surface area contributed by atoms with Gasteiger partial charge in [-0.1, -0.05) is 17.7 Å². The minimum absolute atomic E-state index is 0.0438. The van der Waals surface area contributed by atoms with Gasteiger partial charge in [-0.2, -0.15) is 0 Å². The van der Waals surface area contributed by atoms with E-state index in [4.69, 9.17) is 4.74 Å². The van der Waals surface area contributed by atoms with Crippen molar-refractivity contribution in [1.82, 2.24) is 4.90 Å². The van der Waals surface area contributed by atoms with Gasteiger partial charge in [0.15, 0.2) is 0 Å². The van der Waals surface area contributed by atoms with Gasteiger partial charge >= 0.3 is 0 Å². The van der Waals surface area contributed by atoms with Crippen LogP contribution in [0, 0.1) is 6.92 Å². The number of benzene rings is 1. The van der Waals surface area contributed by atoms with Crippen molar-refractivity contribution in [2.45, 2.75) is 32.3 Å². The summed E-state index contributed by atoms with van der Waals surface area (Å²) in [5.41, 5.74) is 2.55. The Morgan fingerprint density at radius 2 is 2.05 bits per heavy atom. The maximum atomic E-state index is 5.62. The monoisotopic (exact) mass is 262 g/mol. The molecule has 1 saturated heterocycles. The summed E-state index contributed by atoms with van der Waals surface area (Å²) < 4.78 is 5.62. The average molecular weight is 262 g/mol. The quantitative estimate of drug-likeness (QED) is 0.883. The van der Waals surface area contributed by atoms with Crippen LogP contribution in [0.5, 0.6) is 0 Å². The molecule has 0 amide bonds. The third-order valence-electron chi connectivity index (χ3n) is 4.04. The summed E-state index contributed by atoms with van der Waals surface area (Å²) in [4.78, 5) is 2.49. The largest absolute Gasteiger partial charge is 0.384 e. The molecule has 1 atom stereocenters. The molecule has 1 aliphatic heterocycles. The molecule has 1 aliphatic rings. The van der Waals surface area contributed by atoms with Crippen LogP contribution in [0.25, 0.3) is 0 Å². The second-order valence-electron chi connectivity index (χ2n) is 5.83. The fraction of sp³-hybridized carbons (Fsp3) is 0.625. The van der Waals surface area contributed by atoms with Crippen molar-refractivity contribution in [2.75, 3.05) is 38.6 Å². The van der Waals surface area contributed by atoms with Crippen molar-refractivity contribution >= 4 is 5.69 Å². The summed E-state index contributed by atoms with van der Waals surface area (Å²) in [6.45, 7) is 8.62. The molecule has 106 valence electrons. The second-order valence-corrected chi connectivity index (χ2v) is 5.83. The number of hydrogen-bond donors (Lipinski definition) is 1. The minimum Gasteiger partial charge on any atom is -0.384 e. The minimum atomic E-state index is 0.0438. The number of nitrogens with one attached hydrogen (secondary N) is 1. The molecule has 0 aliphatic carbocycles. The number of nitrogens with zero attached hydrogens (tertiary/aromatic N) is 1. The van der Waals surface area contributed by atoms with Crippen LogP contribution < -0.4 is 5.32 Å². The van der Waals surface area contributed by atoms with Crippen molar-refractivity contribution in [1.29, 1.82) is 0 Å². The van der Waals surface area contributed by atoms with Crippen LogP contribution in [-0.4, -0.2) is 43.8 Å². The zero-order valence-electron chi connectivity index (χ0n) is 12.4. The van der Waals surface area contributed by atoms with E-state index >= 15 is 0 Å². The molecule has 2 rings (SSSR count). The molecule has 3 nitrogen and oxygen atoms in total. The number of aryl methyl sites for hydroxylation is 1. The lowest BCUT2D eigenvalue weighted by molar-refractivity contribution is -0.0496. The van der Waals surface area contributed by atoms with Crippen molar-refractivity contribution in [2.24, 2.45) is 0 Å². The zero-order chi connectivity index (χ0) is 13.7. The number of ether oxygens (including phenoxy) is 1. The van der Waals surface area contributed by atoms with Crippen molar-refractivity contribution in [3.63, 3.8) is 0 Å². The van der Waals surface area contributed by atoms with Gasteiger partial charge in [0.25, 0.3) is 0 Å². The Kier molecular flexibility index (Phi) is 4.83. The Labute approximate surface area is 116 Å². The topological polar surface area (TPSA) is 24.5 Å². The second kappa shape index (κ2) is 6.40. The van der Waals surface area contributed by atoms with E-state index in [0.717, 1.165) is 19.6 Å². The normalized spacial score (nSPS) is 24.4. The van der Waals surface area contributed by atoms with Crippen LogP contribution >= 0.6 is 0 Å². The van der Waals surface area contributed by atoms with E-state index in [0.29, 0.717) is 0 Å². The summed E-state index contributed by atoms with van der Waals surface area (Å²) in [6.07, 6.45) is 2.40. The van der Waals surface area contributed by atoms with E-state index < -0.39 is 0 Å². The van der Waals surface area contributed by atoms with E-state index in [-0.39, 0.29) is 5.60 Å². The summed E-state index contributed by atoms with van der Waals surface area (Å²) in [7, 11) is 1.83. The lowest BCUT2D eigenvalue weighted by Crippen LogP contribution is -2.48.